The molecule has 0 saturated heterocycles. The van der Waals surface area contributed by atoms with Gasteiger partial charge in [0.15, 0.2) is 0 Å². The predicted octanol–water partition coefficient (Wildman–Crippen LogP) is 4.48. The van der Waals surface area contributed by atoms with Crippen molar-refractivity contribution in [2.75, 3.05) is 11.9 Å². The lowest BCUT2D eigenvalue weighted by molar-refractivity contribution is -0.141. The van der Waals surface area contributed by atoms with Crippen molar-refractivity contribution in [2.24, 2.45) is 5.92 Å². The number of hydrogen-bond donors (Lipinski definition) is 1. The molecule has 19 heavy (non-hydrogen) atoms. The molecular weight excluding hydrogens is 253 g/mol. The van der Waals surface area contributed by atoms with E-state index >= 15 is 0 Å². The highest BCUT2D eigenvalue weighted by Crippen LogP contribution is 2.28. The molecule has 0 atom stereocenters. The summed E-state index contributed by atoms with van der Waals surface area (Å²) in [6, 6.07) is 2.46. The zero-order valence-corrected chi connectivity index (χ0v) is 10.8. The number of nitrogens with one attached hydrogen (secondary N) is 1. The molecule has 1 aliphatic carbocycles. The quantitative estimate of drug-likeness (QED) is 0.874. The van der Waals surface area contributed by atoms with Crippen LogP contribution in [0.5, 0.6) is 0 Å². The van der Waals surface area contributed by atoms with Crippen LogP contribution in [0.4, 0.5) is 18.9 Å². The molecular formula is C14H19F3N2. The third-order valence-corrected chi connectivity index (χ3v) is 3.66. The monoisotopic (exact) mass is 272 g/mol. The Morgan fingerprint density at radius 2 is 1.89 bits per heavy atom. The van der Waals surface area contributed by atoms with Gasteiger partial charge in [-0.2, -0.15) is 13.2 Å². The second-order valence-electron chi connectivity index (χ2n) is 5.15. The van der Waals surface area contributed by atoms with E-state index in [2.05, 4.69) is 10.3 Å². The summed E-state index contributed by atoms with van der Waals surface area (Å²) < 4.78 is 37.0. The van der Waals surface area contributed by atoms with Crippen LogP contribution >= 0.6 is 0 Å². The highest BCUT2D eigenvalue weighted by atomic mass is 19.4. The van der Waals surface area contributed by atoms with Gasteiger partial charge in [-0.25, -0.2) is 4.98 Å². The highest BCUT2D eigenvalue weighted by molar-refractivity contribution is 5.41. The second kappa shape index (κ2) is 6.26. The number of pyridine rings is 1. The van der Waals surface area contributed by atoms with Crippen LogP contribution in [0.2, 0.25) is 0 Å². The molecule has 1 aliphatic rings. The van der Waals surface area contributed by atoms with Gasteiger partial charge < -0.3 is 5.32 Å². The fraction of sp³-hybridized carbons (Fsp3) is 0.643. The van der Waals surface area contributed by atoms with Gasteiger partial charge in [0, 0.05) is 6.54 Å². The Labute approximate surface area is 111 Å². The third kappa shape index (κ3) is 4.40. The van der Waals surface area contributed by atoms with Crippen molar-refractivity contribution in [3.63, 3.8) is 0 Å². The average Bonchev–Trinajstić information content (AvgIpc) is 2.39. The maximum atomic E-state index is 12.3. The van der Waals surface area contributed by atoms with Gasteiger partial charge in [-0.3, -0.25) is 0 Å². The van der Waals surface area contributed by atoms with E-state index in [9.17, 15) is 13.2 Å². The molecule has 1 fully saturated rings. The summed E-state index contributed by atoms with van der Waals surface area (Å²) in [6.07, 6.45) is 4.51. The van der Waals surface area contributed by atoms with Crippen LogP contribution in [0.3, 0.4) is 0 Å². The van der Waals surface area contributed by atoms with E-state index in [0.29, 0.717) is 5.69 Å². The first kappa shape index (κ1) is 14.2. The van der Waals surface area contributed by atoms with Crippen molar-refractivity contribution in [2.45, 2.75) is 44.7 Å². The van der Waals surface area contributed by atoms with E-state index in [1.165, 1.54) is 44.4 Å². The summed E-state index contributed by atoms with van der Waals surface area (Å²) in [5, 5.41) is 3.14. The molecule has 0 bridgehead atoms. The molecule has 1 aromatic heterocycles. The third-order valence-electron chi connectivity index (χ3n) is 3.66. The molecule has 2 nitrogen and oxygen atoms in total. The Morgan fingerprint density at radius 1 is 1.16 bits per heavy atom. The number of nitrogens with zero attached hydrogens (tertiary/aromatic N) is 1. The molecule has 0 radical (unpaired) electrons. The molecule has 0 aliphatic heterocycles. The molecule has 0 spiro atoms. The lowest BCUT2D eigenvalue weighted by atomic mass is 9.87. The van der Waals surface area contributed by atoms with E-state index in [4.69, 9.17) is 0 Å². The van der Waals surface area contributed by atoms with Crippen molar-refractivity contribution < 1.29 is 13.2 Å². The summed E-state index contributed by atoms with van der Waals surface area (Å²) in [4.78, 5) is 3.43. The first-order valence-corrected chi connectivity index (χ1v) is 6.83. The summed E-state index contributed by atoms with van der Waals surface area (Å²) >= 11 is 0. The minimum Gasteiger partial charge on any atom is -0.384 e. The normalized spacial score (nSPS) is 17.4. The predicted molar refractivity (Wildman–Crippen MR) is 68.9 cm³/mol. The minimum atomic E-state index is -4.36. The lowest BCUT2D eigenvalue weighted by Crippen LogP contribution is -2.13. The second-order valence-corrected chi connectivity index (χ2v) is 5.15. The summed E-state index contributed by atoms with van der Waals surface area (Å²) in [5.74, 6) is 0.767. The standard InChI is InChI=1S/C14H19F3N2/c15-14(16,17)13-7-6-12(10-19-13)18-9-8-11-4-2-1-3-5-11/h6-7,10-11,18H,1-5,8-9H2. The van der Waals surface area contributed by atoms with Crippen LogP contribution in [0.1, 0.15) is 44.2 Å². The Kier molecular flexibility index (Phi) is 4.66. The summed E-state index contributed by atoms with van der Waals surface area (Å²) in [6.45, 7) is 0.803. The fourth-order valence-electron chi connectivity index (χ4n) is 2.56. The topological polar surface area (TPSA) is 24.9 Å². The van der Waals surface area contributed by atoms with Crippen molar-refractivity contribution in [3.8, 4) is 0 Å². The number of halogens is 3. The van der Waals surface area contributed by atoms with E-state index in [1.54, 1.807) is 0 Å². The highest BCUT2D eigenvalue weighted by Gasteiger charge is 2.31. The van der Waals surface area contributed by atoms with Gasteiger partial charge in [0.1, 0.15) is 5.69 Å². The van der Waals surface area contributed by atoms with Gasteiger partial charge in [-0.15, -0.1) is 0 Å². The van der Waals surface area contributed by atoms with Crippen LogP contribution in [0.25, 0.3) is 0 Å². The molecule has 2 rings (SSSR count). The zero-order valence-electron chi connectivity index (χ0n) is 10.8. The van der Waals surface area contributed by atoms with Crippen molar-refractivity contribution in [3.05, 3.63) is 24.0 Å². The molecule has 0 unspecified atom stereocenters. The van der Waals surface area contributed by atoms with E-state index in [0.717, 1.165) is 24.9 Å². The Balaban J connectivity index is 1.76. The number of alkyl halides is 3. The molecule has 0 aromatic carbocycles. The van der Waals surface area contributed by atoms with E-state index in [1.807, 2.05) is 0 Å². The fourth-order valence-corrected chi connectivity index (χ4v) is 2.56. The van der Waals surface area contributed by atoms with Crippen LogP contribution < -0.4 is 5.32 Å². The van der Waals surface area contributed by atoms with Gasteiger partial charge in [0.05, 0.1) is 11.9 Å². The maximum absolute atomic E-state index is 12.3. The lowest BCUT2D eigenvalue weighted by Gasteiger charge is -2.21. The molecule has 0 amide bonds. The molecule has 1 aromatic rings. The molecule has 1 saturated carbocycles. The first-order valence-electron chi connectivity index (χ1n) is 6.83. The Hall–Kier alpha value is -1.26. The molecule has 106 valence electrons. The van der Waals surface area contributed by atoms with Gasteiger partial charge in [0.2, 0.25) is 0 Å². The number of anilines is 1. The largest absolute Gasteiger partial charge is 0.433 e. The SMILES string of the molecule is FC(F)(F)c1ccc(NCCC2CCCCC2)cn1. The van der Waals surface area contributed by atoms with E-state index < -0.39 is 11.9 Å². The minimum absolute atomic E-state index is 0.656. The summed E-state index contributed by atoms with van der Waals surface area (Å²) in [7, 11) is 0. The Bertz CT molecular complexity index is 381. The first-order chi connectivity index (χ1) is 9.05. The van der Waals surface area contributed by atoms with Crippen LogP contribution in [-0.4, -0.2) is 11.5 Å². The van der Waals surface area contributed by atoms with Crippen LogP contribution in [-0.2, 0) is 6.18 Å². The number of aromatic nitrogens is 1. The number of rotatable bonds is 4. The van der Waals surface area contributed by atoms with Crippen molar-refractivity contribution in [1.29, 1.82) is 0 Å². The Morgan fingerprint density at radius 3 is 2.47 bits per heavy atom. The average molecular weight is 272 g/mol. The smallest absolute Gasteiger partial charge is 0.384 e. The van der Waals surface area contributed by atoms with Crippen molar-refractivity contribution in [1.82, 2.24) is 4.98 Å². The van der Waals surface area contributed by atoms with Crippen LogP contribution in [0, 0.1) is 5.92 Å². The van der Waals surface area contributed by atoms with E-state index in [-0.39, 0.29) is 0 Å². The molecule has 5 heteroatoms. The van der Waals surface area contributed by atoms with Gasteiger partial charge in [-0.05, 0) is 24.5 Å². The van der Waals surface area contributed by atoms with Crippen molar-refractivity contribution >= 4 is 5.69 Å². The van der Waals surface area contributed by atoms with Crippen LogP contribution in [0.15, 0.2) is 18.3 Å². The van der Waals surface area contributed by atoms with Gasteiger partial charge in [-0.1, -0.05) is 32.1 Å². The molecule has 1 N–H and O–H groups in total. The molecule has 1 heterocycles. The number of hydrogen-bond acceptors (Lipinski definition) is 2. The maximum Gasteiger partial charge on any atom is 0.433 e. The van der Waals surface area contributed by atoms with Gasteiger partial charge in [0.25, 0.3) is 0 Å². The van der Waals surface area contributed by atoms with Gasteiger partial charge >= 0.3 is 6.18 Å². The zero-order chi connectivity index (χ0) is 13.7. The summed E-state index contributed by atoms with van der Waals surface area (Å²) in [5.41, 5.74) is -0.186.